The second kappa shape index (κ2) is 4.59. The minimum atomic E-state index is 0.129. The first-order valence-electron chi connectivity index (χ1n) is 6.35. The Morgan fingerprint density at radius 1 is 1.44 bits per heavy atom. The lowest BCUT2D eigenvalue weighted by Gasteiger charge is -2.39. The first-order chi connectivity index (χ1) is 8.36. The first-order valence-corrected chi connectivity index (χ1v) is 6.35. The molecule has 4 heteroatoms. The van der Waals surface area contributed by atoms with E-state index >= 15 is 0 Å². The highest BCUT2D eigenvalue weighted by Gasteiger charge is 2.28. The number of carbonyl (C=O) groups is 1. The van der Waals surface area contributed by atoms with Gasteiger partial charge in [0.15, 0.2) is 0 Å². The summed E-state index contributed by atoms with van der Waals surface area (Å²) in [4.78, 5) is 17.2. The third-order valence-corrected chi connectivity index (χ3v) is 3.30. The normalized spacial score (nSPS) is 16.3. The maximum Gasteiger partial charge on any atom is 0.219 e. The van der Waals surface area contributed by atoms with Gasteiger partial charge in [0.25, 0.3) is 0 Å². The van der Waals surface area contributed by atoms with Crippen molar-refractivity contribution in [1.82, 2.24) is 9.88 Å². The largest absolute Gasteiger partial charge is 0.364 e. The molecule has 4 nitrogen and oxygen atoms in total. The van der Waals surface area contributed by atoms with Gasteiger partial charge in [-0.2, -0.15) is 0 Å². The smallest absolute Gasteiger partial charge is 0.219 e. The molecule has 1 aliphatic heterocycles. The number of likely N-dealkylation sites (tertiary alicyclic amines) is 1. The van der Waals surface area contributed by atoms with Crippen LogP contribution in [0.2, 0.25) is 0 Å². The lowest BCUT2D eigenvalue weighted by atomic mass is 9.88. The van der Waals surface area contributed by atoms with E-state index < -0.39 is 0 Å². The summed E-state index contributed by atoms with van der Waals surface area (Å²) >= 11 is 0. The minimum Gasteiger partial charge on any atom is -0.364 e. The summed E-state index contributed by atoms with van der Waals surface area (Å²) in [5.74, 6) is 1.04. The molecule has 1 aliphatic rings. The molecule has 18 heavy (non-hydrogen) atoms. The van der Waals surface area contributed by atoms with E-state index in [1.807, 2.05) is 17.2 Å². The van der Waals surface area contributed by atoms with Crippen LogP contribution in [0.4, 0.5) is 5.82 Å². The van der Waals surface area contributed by atoms with Gasteiger partial charge in [-0.3, -0.25) is 4.79 Å². The van der Waals surface area contributed by atoms with Crippen molar-refractivity contribution in [3.8, 4) is 0 Å². The Morgan fingerprint density at radius 3 is 2.67 bits per heavy atom. The highest BCUT2D eigenvalue weighted by atomic mass is 16.2. The van der Waals surface area contributed by atoms with Gasteiger partial charge in [-0.05, 0) is 23.1 Å². The third-order valence-electron chi connectivity index (χ3n) is 3.30. The molecule has 2 rings (SSSR count). The van der Waals surface area contributed by atoms with E-state index in [4.69, 9.17) is 0 Å². The van der Waals surface area contributed by atoms with Crippen LogP contribution in [0.15, 0.2) is 18.3 Å². The quantitative estimate of drug-likeness (QED) is 0.869. The molecule has 0 spiro atoms. The van der Waals surface area contributed by atoms with Gasteiger partial charge >= 0.3 is 0 Å². The zero-order valence-electron chi connectivity index (χ0n) is 11.5. The Labute approximate surface area is 108 Å². The number of carbonyl (C=O) groups excluding carboxylic acids is 1. The summed E-state index contributed by atoms with van der Waals surface area (Å²) < 4.78 is 0. The molecule has 1 N–H and O–H groups in total. The van der Waals surface area contributed by atoms with Crippen LogP contribution >= 0.6 is 0 Å². The number of anilines is 1. The van der Waals surface area contributed by atoms with Gasteiger partial charge in [0.2, 0.25) is 5.91 Å². The van der Waals surface area contributed by atoms with E-state index in [2.05, 4.69) is 37.1 Å². The molecule has 0 unspecified atom stereocenters. The Hall–Kier alpha value is -1.58. The van der Waals surface area contributed by atoms with Crippen molar-refractivity contribution in [2.75, 3.05) is 18.4 Å². The molecule has 0 atom stereocenters. The van der Waals surface area contributed by atoms with Crippen LogP contribution in [0.1, 0.15) is 33.3 Å². The van der Waals surface area contributed by atoms with Crippen LogP contribution in [0.3, 0.4) is 0 Å². The van der Waals surface area contributed by atoms with Gasteiger partial charge in [0, 0.05) is 26.2 Å². The van der Waals surface area contributed by atoms with Crippen molar-refractivity contribution in [3.05, 3.63) is 23.9 Å². The van der Waals surface area contributed by atoms with Crippen molar-refractivity contribution in [1.29, 1.82) is 0 Å². The molecule has 2 heterocycles. The monoisotopic (exact) mass is 247 g/mol. The minimum absolute atomic E-state index is 0.129. The average Bonchev–Trinajstić information content (AvgIpc) is 2.21. The molecule has 0 saturated carbocycles. The summed E-state index contributed by atoms with van der Waals surface area (Å²) in [6, 6.07) is 4.47. The average molecular weight is 247 g/mol. The van der Waals surface area contributed by atoms with Crippen LogP contribution in [-0.4, -0.2) is 34.9 Å². The second-order valence-corrected chi connectivity index (χ2v) is 5.95. The highest BCUT2D eigenvalue weighted by Crippen LogP contribution is 2.24. The highest BCUT2D eigenvalue weighted by molar-refractivity contribution is 5.74. The molecular formula is C14H21N3O. The van der Waals surface area contributed by atoms with Crippen LogP contribution in [0.5, 0.6) is 0 Å². The summed E-state index contributed by atoms with van der Waals surface area (Å²) in [6.07, 6.45) is 1.84. The number of nitrogens with zero attached hydrogens (tertiary/aromatic N) is 2. The van der Waals surface area contributed by atoms with Crippen molar-refractivity contribution in [2.45, 2.75) is 39.2 Å². The fraction of sp³-hybridized carbons (Fsp3) is 0.571. The van der Waals surface area contributed by atoms with Crippen LogP contribution in [-0.2, 0) is 10.2 Å². The molecule has 98 valence electrons. The molecule has 1 amide bonds. The predicted octanol–water partition coefficient (Wildman–Crippen LogP) is 2.02. The molecule has 1 aromatic heterocycles. The third kappa shape index (κ3) is 2.81. The Morgan fingerprint density at radius 2 is 2.11 bits per heavy atom. The maximum absolute atomic E-state index is 11.1. The van der Waals surface area contributed by atoms with Gasteiger partial charge in [-0.15, -0.1) is 0 Å². The number of rotatable bonds is 2. The van der Waals surface area contributed by atoms with E-state index in [-0.39, 0.29) is 11.3 Å². The second-order valence-electron chi connectivity index (χ2n) is 5.95. The van der Waals surface area contributed by atoms with Gasteiger partial charge < -0.3 is 10.2 Å². The predicted molar refractivity (Wildman–Crippen MR) is 72.6 cm³/mol. The zero-order valence-corrected chi connectivity index (χ0v) is 11.5. The van der Waals surface area contributed by atoms with E-state index in [0.717, 1.165) is 18.9 Å². The van der Waals surface area contributed by atoms with Crippen molar-refractivity contribution in [2.24, 2.45) is 0 Å². The van der Waals surface area contributed by atoms with Gasteiger partial charge in [0.1, 0.15) is 5.82 Å². The van der Waals surface area contributed by atoms with E-state index in [1.165, 1.54) is 5.56 Å². The number of amides is 1. The molecule has 0 aromatic carbocycles. The summed E-state index contributed by atoms with van der Waals surface area (Å²) in [5.41, 5.74) is 1.40. The van der Waals surface area contributed by atoms with E-state index in [0.29, 0.717) is 6.04 Å². The van der Waals surface area contributed by atoms with Crippen molar-refractivity contribution >= 4 is 11.7 Å². The molecule has 0 radical (unpaired) electrons. The molecular weight excluding hydrogens is 226 g/mol. The SMILES string of the molecule is CC(=O)N1CC(Nc2cc(C(C)(C)C)ccn2)C1. The summed E-state index contributed by atoms with van der Waals surface area (Å²) in [7, 11) is 0. The molecule has 0 aliphatic carbocycles. The Balaban J connectivity index is 1.97. The standard InChI is InChI=1S/C14H21N3O/c1-10(18)17-8-12(9-17)16-13-7-11(5-6-15-13)14(2,3)4/h5-7,12H,8-9H2,1-4H3,(H,15,16). The lowest BCUT2D eigenvalue weighted by Crippen LogP contribution is -2.56. The van der Waals surface area contributed by atoms with E-state index in [1.54, 1.807) is 6.92 Å². The first kappa shape index (κ1) is 12.9. The van der Waals surface area contributed by atoms with Crippen molar-refractivity contribution < 1.29 is 4.79 Å². The Kier molecular flexibility index (Phi) is 3.28. The fourth-order valence-electron chi connectivity index (χ4n) is 2.01. The topological polar surface area (TPSA) is 45.2 Å². The van der Waals surface area contributed by atoms with Crippen molar-refractivity contribution in [3.63, 3.8) is 0 Å². The van der Waals surface area contributed by atoms with Gasteiger partial charge in [-0.25, -0.2) is 4.98 Å². The lowest BCUT2D eigenvalue weighted by molar-refractivity contribution is -0.132. The number of hydrogen-bond donors (Lipinski definition) is 1. The fourth-order valence-corrected chi connectivity index (χ4v) is 2.01. The zero-order chi connectivity index (χ0) is 13.3. The molecule has 1 aromatic rings. The van der Waals surface area contributed by atoms with Gasteiger partial charge in [0.05, 0.1) is 6.04 Å². The van der Waals surface area contributed by atoms with Crippen LogP contribution in [0, 0.1) is 0 Å². The Bertz CT molecular complexity index is 445. The molecule has 1 fully saturated rings. The maximum atomic E-state index is 11.1. The number of hydrogen-bond acceptors (Lipinski definition) is 3. The van der Waals surface area contributed by atoms with E-state index in [9.17, 15) is 4.79 Å². The molecule has 0 bridgehead atoms. The number of pyridine rings is 1. The van der Waals surface area contributed by atoms with Crippen LogP contribution < -0.4 is 5.32 Å². The summed E-state index contributed by atoms with van der Waals surface area (Å²) in [5, 5.41) is 3.37. The number of nitrogens with one attached hydrogen (secondary N) is 1. The van der Waals surface area contributed by atoms with Crippen LogP contribution in [0.25, 0.3) is 0 Å². The molecule has 1 saturated heterocycles. The van der Waals surface area contributed by atoms with Gasteiger partial charge in [-0.1, -0.05) is 20.8 Å². The number of aromatic nitrogens is 1. The summed E-state index contributed by atoms with van der Waals surface area (Å²) in [6.45, 7) is 9.72.